The van der Waals surface area contributed by atoms with Gasteiger partial charge in [-0.2, -0.15) is 0 Å². The molecule has 1 aliphatic rings. The van der Waals surface area contributed by atoms with Gasteiger partial charge in [0.2, 0.25) is 0 Å². The van der Waals surface area contributed by atoms with Crippen molar-refractivity contribution in [3.63, 3.8) is 0 Å². The van der Waals surface area contributed by atoms with E-state index in [2.05, 4.69) is 11.6 Å². The Kier molecular flexibility index (Phi) is 8.38. The number of methoxy groups -OCH3 is 2. The second-order valence-electron chi connectivity index (χ2n) is 8.20. The van der Waals surface area contributed by atoms with E-state index in [-0.39, 0.29) is 11.1 Å². The lowest BCUT2D eigenvalue weighted by Crippen LogP contribution is -2.40. The molecule has 0 radical (unpaired) electrons. The van der Waals surface area contributed by atoms with E-state index in [1.807, 2.05) is 19.1 Å². The number of halogens is 1. The van der Waals surface area contributed by atoms with Crippen LogP contribution in [0.15, 0.2) is 70.1 Å². The van der Waals surface area contributed by atoms with Crippen molar-refractivity contribution in [2.75, 3.05) is 27.4 Å². The third-order valence-corrected chi connectivity index (χ3v) is 7.05. The average molecular weight is 555 g/mol. The number of allylic oxidation sites excluding steroid dienone is 1. The lowest BCUT2D eigenvalue weighted by Gasteiger charge is -2.25. The van der Waals surface area contributed by atoms with Gasteiger partial charge in [0.15, 0.2) is 16.3 Å². The van der Waals surface area contributed by atoms with E-state index < -0.39 is 12.0 Å². The molecule has 38 heavy (non-hydrogen) atoms. The summed E-state index contributed by atoms with van der Waals surface area (Å²) in [4.78, 5) is 31.8. The molecule has 10 heteroatoms. The summed E-state index contributed by atoms with van der Waals surface area (Å²) in [5, 5.41) is 0.434. The van der Waals surface area contributed by atoms with Crippen molar-refractivity contribution in [3.8, 4) is 17.2 Å². The number of ether oxygens (including phenoxy) is 4. The van der Waals surface area contributed by atoms with Crippen molar-refractivity contribution in [1.82, 2.24) is 4.57 Å². The minimum atomic E-state index is -0.844. The summed E-state index contributed by atoms with van der Waals surface area (Å²) in [6, 6.07) is 9.65. The number of rotatable bonds is 9. The van der Waals surface area contributed by atoms with Crippen LogP contribution in [0.3, 0.4) is 0 Å². The highest BCUT2D eigenvalue weighted by atomic mass is 35.5. The maximum Gasteiger partial charge on any atom is 0.338 e. The number of carbonyl (C=O) groups is 1. The van der Waals surface area contributed by atoms with Crippen LogP contribution < -0.4 is 29.1 Å². The molecule has 198 valence electrons. The molecule has 0 saturated heterocycles. The van der Waals surface area contributed by atoms with Gasteiger partial charge in [-0.3, -0.25) is 9.36 Å². The molecule has 0 N–H and O–H groups in total. The van der Waals surface area contributed by atoms with Crippen LogP contribution in [0.2, 0.25) is 5.02 Å². The van der Waals surface area contributed by atoms with Gasteiger partial charge in [-0.1, -0.05) is 41.7 Å². The predicted molar refractivity (Wildman–Crippen MR) is 147 cm³/mol. The fraction of sp³-hybridized carbons (Fsp3) is 0.250. The number of thiazole rings is 1. The van der Waals surface area contributed by atoms with Gasteiger partial charge < -0.3 is 18.9 Å². The molecule has 0 aliphatic carbocycles. The molecule has 2 aromatic carbocycles. The van der Waals surface area contributed by atoms with E-state index in [9.17, 15) is 9.59 Å². The zero-order valence-electron chi connectivity index (χ0n) is 21.4. The molecule has 0 fully saturated rings. The van der Waals surface area contributed by atoms with E-state index in [1.54, 1.807) is 43.3 Å². The molecule has 2 heterocycles. The number of hydrogen-bond donors (Lipinski definition) is 0. The Morgan fingerprint density at radius 3 is 2.61 bits per heavy atom. The lowest BCUT2D eigenvalue weighted by molar-refractivity contribution is -0.136. The van der Waals surface area contributed by atoms with Gasteiger partial charge in [0.1, 0.15) is 18.4 Å². The van der Waals surface area contributed by atoms with E-state index in [0.29, 0.717) is 56.1 Å². The minimum absolute atomic E-state index is 0.231. The largest absolute Gasteiger partial charge is 0.496 e. The summed E-state index contributed by atoms with van der Waals surface area (Å²) >= 11 is 7.54. The monoisotopic (exact) mass is 554 g/mol. The highest BCUT2D eigenvalue weighted by Crippen LogP contribution is 2.37. The fourth-order valence-electron chi connectivity index (χ4n) is 4.21. The van der Waals surface area contributed by atoms with Gasteiger partial charge in [-0.15, -0.1) is 0 Å². The van der Waals surface area contributed by atoms with Gasteiger partial charge >= 0.3 is 5.97 Å². The van der Waals surface area contributed by atoms with Crippen LogP contribution in [0, 0.1) is 0 Å². The Bertz CT molecular complexity index is 1600. The smallest absolute Gasteiger partial charge is 0.338 e. The number of carbonyl (C=O) groups excluding carboxylic acids is 1. The van der Waals surface area contributed by atoms with E-state index in [0.717, 1.165) is 5.56 Å². The Morgan fingerprint density at radius 2 is 1.92 bits per heavy atom. The summed E-state index contributed by atoms with van der Waals surface area (Å²) in [5.41, 5.74) is 1.64. The summed E-state index contributed by atoms with van der Waals surface area (Å²) in [6.45, 7) is 8.06. The quantitative estimate of drug-likeness (QED) is 0.293. The number of nitrogens with zero attached hydrogens (tertiary/aromatic N) is 2. The van der Waals surface area contributed by atoms with Gasteiger partial charge in [0, 0.05) is 10.6 Å². The Balaban J connectivity index is 1.93. The van der Waals surface area contributed by atoms with Crippen LogP contribution >= 0.6 is 22.9 Å². The van der Waals surface area contributed by atoms with Crippen LogP contribution in [0.25, 0.3) is 6.08 Å². The summed E-state index contributed by atoms with van der Waals surface area (Å²) in [7, 11) is 2.81. The topological polar surface area (TPSA) is 88.4 Å². The second-order valence-corrected chi connectivity index (χ2v) is 9.64. The first-order valence-corrected chi connectivity index (χ1v) is 13.0. The first-order chi connectivity index (χ1) is 18.3. The molecule has 1 aromatic heterocycles. The Hall–Kier alpha value is -3.82. The first-order valence-electron chi connectivity index (χ1n) is 11.8. The minimum Gasteiger partial charge on any atom is -0.496 e. The molecular weight excluding hydrogens is 528 g/mol. The molecule has 0 saturated carbocycles. The average Bonchev–Trinajstić information content (AvgIpc) is 3.21. The van der Waals surface area contributed by atoms with Gasteiger partial charge in [-0.05, 0) is 55.8 Å². The molecule has 0 spiro atoms. The van der Waals surface area contributed by atoms with E-state index in [4.69, 9.17) is 30.5 Å². The molecule has 8 nitrogen and oxygen atoms in total. The Morgan fingerprint density at radius 1 is 1.16 bits per heavy atom. The third-order valence-electron chi connectivity index (χ3n) is 5.84. The molecule has 0 bridgehead atoms. The number of aromatic nitrogens is 1. The second kappa shape index (κ2) is 11.7. The van der Waals surface area contributed by atoms with Crippen LogP contribution in [-0.4, -0.2) is 38.0 Å². The molecule has 1 atom stereocenters. The standard InChI is InChI=1S/C28H27ClN2O6S/c1-6-12-37-21-10-8-17(13-22(21)36-7-2)14-23-26(32)31-25(19-15-18(29)9-11-20(19)34-4)24(27(33)35-5)16(3)30-28(31)38-23/h6,8-11,13-15,25H,1,7,12H2,2-5H3/b23-14-/t25-/m1/s1. The number of fused-ring (bicyclic) bond motifs is 1. The maximum atomic E-state index is 13.8. The van der Waals surface area contributed by atoms with Crippen LogP contribution in [0.1, 0.15) is 31.0 Å². The predicted octanol–water partition coefficient (Wildman–Crippen LogP) is 4.03. The van der Waals surface area contributed by atoms with Crippen LogP contribution in [0.4, 0.5) is 0 Å². The number of benzene rings is 2. The summed E-state index contributed by atoms with van der Waals surface area (Å²) in [6.07, 6.45) is 3.41. The lowest BCUT2D eigenvalue weighted by atomic mass is 9.95. The van der Waals surface area contributed by atoms with Gasteiger partial charge in [-0.25, -0.2) is 9.79 Å². The molecular formula is C28H27ClN2O6S. The van der Waals surface area contributed by atoms with Crippen LogP contribution in [-0.2, 0) is 9.53 Å². The van der Waals surface area contributed by atoms with Crippen LogP contribution in [0.5, 0.6) is 17.2 Å². The normalized spacial score (nSPS) is 15.0. The maximum absolute atomic E-state index is 13.8. The van der Waals surface area contributed by atoms with Gasteiger partial charge in [0.25, 0.3) is 5.56 Å². The SMILES string of the molecule is C=CCOc1ccc(/C=c2\sc3n(c2=O)[C@H](c2cc(Cl)ccc2OC)C(C(=O)OC)=C(C)N=3)cc1OCC. The molecule has 1 aliphatic heterocycles. The van der Waals surface area contributed by atoms with Crippen molar-refractivity contribution in [3.05, 3.63) is 96.2 Å². The molecule has 4 rings (SSSR count). The summed E-state index contributed by atoms with van der Waals surface area (Å²) in [5.74, 6) is 1.02. The zero-order valence-corrected chi connectivity index (χ0v) is 23.0. The highest BCUT2D eigenvalue weighted by Gasteiger charge is 2.35. The Labute approximate surface area is 228 Å². The molecule has 0 unspecified atom stereocenters. The van der Waals surface area contributed by atoms with Crippen molar-refractivity contribution in [1.29, 1.82) is 0 Å². The molecule has 0 amide bonds. The van der Waals surface area contributed by atoms with Crippen molar-refractivity contribution in [2.24, 2.45) is 4.99 Å². The van der Waals surface area contributed by atoms with E-state index >= 15 is 0 Å². The third kappa shape index (κ3) is 5.25. The van der Waals surface area contributed by atoms with Crippen molar-refractivity contribution in [2.45, 2.75) is 19.9 Å². The zero-order chi connectivity index (χ0) is 27.4. The van der Waals surface area contributed by atoms with Gasteiger partial charge in [0.05, 0.1) is 36.6 Å². The first kappa shape index (κ1) is 27.2. The molecule has 3 aromatic rings. The number of esters is 1. The van der Waals surface area contributed by atoms with Crippen molar-refractivity contribution >= 4 is 35.0 Å². The fourth-order valence-corrected chi connectivity index (χ4v) is 5.43. The highest BCUT2D eigenvalue weighted by molar-refractivity contribution is 7.07. The van der Waals surface area contributed by atoms with E-state index in [1.165, 1.54) is 30.1 Å². The summed E-state index contributed by atoms with van der Waals surface area (Å²) < 4.78 is 24.0. The van der Waals surface area contributed by atoms with Crippen molar-refractivity contribution < 1.29 is 23.7 Å². The number of hydrogen-bond acceptors (Lipinski definition) is 8.